The molecule has 6 nitrogen and oxygen atoms in total. The highest BCUT2D eigenvalue weighted by molar-refractivity contribution is 7.91. The van der Waals surface area contributed by atoms with Crippen LogP contribution in [0.2, 0.25) is 0 Å². The second-order valence-corrected chi connectivity index (χ2v) is 8.05. The molecule has 3 rings (SSSR count). The molecule has 1 N–H and O–H groups in total. The van der Waals surface area contributed by atoms with Crippen molar-refractivity contribution in [1.29, 1.82) is 0 Å². The third-order valence-corrected chi connectivity index (χ3v) is 5.55. The third kappa shape index (κ3) is 4.68. The third-order valence-electron chi connectivity index (χ3n) is 4.30. The summed E-state index contributed by atoms with van der Waals surface area (Å²) in [6.07, 6.45) is 0. The number of sulfonamides is 1. The number of morpholine rings is 1. The summed E-state index contributed by atoms with van der Waals surface area (Å²) in [6.45, 7) is 4.86. The molecule has 1 saturated heterocycles. The van der Waals surface area contributed by atoms with Gasteiger partial charge in [0, 0.05) is 18.8 Å². The Balaban J connectivity index is 1.81. The van der Waals surface area contributed by atoms with Crippen molar-refractivity contribution in [2.24, 2.45) is 0 Å². The average Bonchev–Trinajstić information content (AvgIpc) is 2.64. The van der Waals surface area contributed by atoms with Crippen LogP contribution in [0.1, 0.15) is 11.1 Å². The van der Waals surface area contributed by atoms with Crippen molar-refractivity contribution in [3.8, 4) is 5.75 Å². The van der Waals surface area contributed by atoms with Gasteiger partial charge in [-0.1, -0.05) is 29.8 Å². The van der Waals surface area contributed by atoms with Crippen LogP contribution >= 0.6 is 0 Å². The summed E-state index contributed by atoms with van der Waals surface area (Å²) in [5.41, 5.74) is 3.23. The molecule has 0 aliphatic carbocycles. The average molecular weight is 376 g/mol. The minimum atomic E-state index is -3.55. The largest absolute Gasteiger partial charge is 0.495 e. The van der Waals surface area contributed by atoms with E-state index in [0.29, 0.717) is 24.7 Å². The summed E-state index contributed by atoms with van der Waals surface area (Å²) in [5.74, 6) is 0.410. The van der Waals surface area contributed by atoms with E-state index in [-0.39, 0.29) is 5.75 Å². The lowest BCUT2D eigenvalue weighted by atomic mass is 10.2. The summed E-state index contributed by atoms with van der Waals surface area (Å²) in [7, 11) is -2.02. The van der Waals surface area contributed by atoms with Gasteiger partial charge in [0.15, 0.2) is 0 Å². The zero-order valence-electron chi connectivity index (χ0n) is 15.1. The summed E-state index contributed by atoms with van der Waals surface area (Å²) >= 11 is 0. The van der Waals surface area contributed by atoms with Crippen LogP contribution in [0.5, 0.6) is 5.75 Å². The van der Waals surface area contributed by atoms with E-state index in [4.69, 9.17) is 9.47 Å². The molecule has 140 valence electrons. The van der Waals surface area contributed by atoms with Gasteiger partial charge in [-0.25, -0.2) is 8.42 Å². The van der Waals surface area contributed by atoms with Gasteiger partial charge in [-0.15, -0.1) is 0 Å². The van der Waals surface area contributed by atoms with E-state index >= 15 is 0 Å². The van der Waals surface area contributed by atoms with Crippen molar-refractivity contribution in [2.45, 2.75) is 12.7 Å². The molecule has 1 heterocycles. The molecule has 0 bridgehead atoms. The molecule has 0 radical (unpaired) electrons. The number of methoxy groups -OCH3 is 1. The predicted octanol–water partition coefficient (Wildman–Crippen LogP) is 2.78. The Labute approximate surface area is 154 Å². The number of hydrogen-bond acceptors (Lipinski definition) is 5. The maximum Gasteiger partial charge on any atom is 0.237 e. The topological polar surface area (TPSA) is 67.9 Å². The fourth-order valence-electron chi connectivity index (χ4n) is 2.90. The molecule has 0 amide bonds. The molecular formula is C19H24N2O4S. The van der Waals surface area contributed by atoms with Gasteiger partial charge in [0.05, 0.1) is 31.8 Å². The summed E-state index contributed by atoms with van der Waals surface area (Å²) in [5, 5.41) is 0. The van der Waals surface area contributed by atoms with E-state index in [0.717, 1.165) is 29.9 Å². The maximum atomic E-state index is 12.6. The smallest absolute Gasteiger partial charge is 0.237 e. The first-order valence-electron chi connectivity index (χ1n) is 8.53. The maximum absolute atomic E-state index is 12.6. The Kier molecular flexibility index (Phi) is 5.68. The molecular weight excluding hydrogens is 352 g/mol. The van der Waals surface area contributed by atoms with Crippen LogP contribution in [0.3, 0.4) is 0 Å². The van der Waals surface area contributed by atoms with Crippen molar-refractivity contribution in [1.82, 2.24) is 0 Å². The first-order chi connectivity index (χ1) is 12.5. The Morgan fingerprint density at radius 2 is 1.81 bits per heavy atom. The monoisotopic (exact) mass is 376 g/mol. The molecule has 2 aromatic carbocycles. The second-order valence-electron chi connectivity index (χ2n) is 6.33. The van der Waals surface area contributed by atoms with Gasteiger partial charge in [-0.2, -0.15) is 0 Å². The number of hydrogen-bond donors (Lipinski definition) is 1. The highest BCUT2D eigenvalue weighted by Gasteiger charge is 2.18. The van der Waals surface area contributed by atoms with E-state index in [9.17, 15) is 8.42 Å². The van der Waals surface area contributed by atoms with Crippen LogP contribution in [-0.4, -0.2) is 41.8 Å². The van der Waals surface area contributed by atoms with Crippen molar-refractivity contribution < 1.29 is 17.9 Å². The Morgan fingerprint density at radius 1 is 1.12 bits per heavy atom. The first kappa shape index (κ1) is 18.5. The Bertz CT molecular complexity index is 844. The van der Waals surface area contributed by atoms with E-state index in [1.165, 1.54) is 7.11 Å². The molecule has 2 aromatic rings. The quantitative estimate of drug-likeness (QED) is 0.840. The number of anilines is 2. The van der Waals surface area contributed by atoms with E-state index in [1.807, 2.05) is 43.3 Å². The van der Waals surface area contributed by atoms with Crippen LogP contribution in [0.15, 0.2) is 42.5 Å². The number of nitrogens with zero attached hydrogens (tertiary/aromatic N) is 1. The van der Waals surface area contributed by atoms with Crippen molar-refractivity contribution in [2.75, 3.05) is 43.0 Å². The fourth-order valence-corrected chi connectivity index (χ4v) is 4.10. The Morgan fingerprint density at radius 3 is 2.46 bits per heavy atom. The number of ether oxygens (including phenoxy) is 2. The fraction of sp³-hybridized carbons (Fsp3) is 0.368. The standard InChI is InChI=1S/C19H24N2O4S/c1-15-3-5-16(6-4-15)14-26(22,23)20-18-13-17(7-8-19(18)24-2)21-9-11-25-12-10-21/h3-8,13,20H,9-12,14H2,1-2H3. The molecule has 0 unspecified atom stereocenters. The van der Waals surface area contributed by atoms with Crippen LogP contribution in [0.25, 0.3) is 0 Å². The number of aryl methyl sites for hydroxylation is 1. The lowest BCUT2D eigenvalue weighted by Gasteiger charge is -2.29. The molecule has 26 heavy (non-hydrogen) atoms. The zero-order valence-corrected chi connectivity index (χ0v) is 15.9. The van der Waals surface area contributed by atoms with E-state index in [2.05, 4.69) is 9.62 Å². The van der Waals surface area contributed by atoms with Crippen LogP contribution < -0.4 is 14.4 Å². The molecule has 0 atom stereocenters. The second kappa shape index (κ2) is 7.97. The summed E-state index contributed by atoms with van der Waals surface area (Å²) < 4.78 is 38.6. The lowest BCUT2D eigenvalue weighted by Crippen LogP contribution is -2.36. The van der Waals surface area contributed by atoms with Crippen molar-refractivity contribution in [3.63, 3.8) is 0 Å². The number of rotatable bonds is 6. The first-order valence-corrected chi connectivity index (χ1v) is 10.2. The van der Waals surface area contributed by atoms with Crippen molar-refractivity contribution >= 4 is 21.4 Å². The molecule has 1 fully saturated rings. The van der Waals surface area contributed by atoms with E-state index in [1.54, 1.807) is 6.07 Å². The van der Waals surface area contributed by atoms with Crippen LogP contribution in [-0.2, 0) is 20.5 Å². The van der Waals surface area contributed by atoms with Gasteiger partial charge in [0.1, 0.15) is 5.75 Å². The summed E-state index contributed by atoms with van der Waals surface area (Å²) in [6, 6.07) is 13.0. The van der Waals surface area contributed by atoms with Crippen molar-refractivity contribution in [3.05, 3.63) is 53.6 Å². The van der Waals surface area contributed by atoms with Gasteiger partial charge < -0.3 is 14.4 Å². The van der Waals surface area contributed by atoms with Gasteiger partial charge in [-0.3, -0.25) is 4.72 Å². The number of benzene rings is 2. The SMILES string of the molecule is COc1ccc(N2CCOCC2)cc1NS(=O)(=O)Cc1ccc(C)cc1. The van der Waals surface area contributed by atoms with Gasteiger partial charge in [-0.05, 0) is 30.7 Å². The normalized spacial score (nSPS) is 14.9. The minimum Gasteiger partial charge on any atom is -0.495 e. The number of nitrogens with one attached hydrogen (secondary N) is 1. The van der Waals surface area contributed by atoms with Crippen LogP contribution in [0, 0.1) is 6.92 Å². The zero-order chi connectivity index (χ0) is 18.6. The van der Waals surface area contributed by atoms with Crippen LogP contribution in [0.4, 0.5) is 11.4 Å². The highest BCUT2D eigenvalue weighted by atomic mass is 32.2. The van der Waals surface area contributed by atoms with Gasteiger partial charge >= 0.3 is 0 Å². The molecule has 1 aliphatic heterocycles. The predicted molar refractivity (Wildman–Crippen MR) is 103 cm³/mol. The molecule has 1 aliphatic rings. The minimum absolute atomic E-state index is 0.0851. The lowest BCUT2D eigenvalue weighted by molar-refractivity contribution is 0.122. The van der Waals surface area contributed by atoms with Gasteiger partial charge in [0.2, 0.25) is 10.0 Å². The van der Waals surface area contributed by atoms with Gasteiger partial charge in [0.25, 0.3) is 0 Å². The Hall–Kier alpha value is -2.25. The summed E-state index contributed by atoms with van der Waals surface area (Å²) in [4.78, 5) is 2.17. The molecule has 0 saturated carbocycles. The molecule has 0 spiro atoms. The molecule has 7 heteroatoms. The molecule has 0 aromatic heterocycles. The highest BCUT2D eigenvalue weighted by Crippen LogP contribution is 2.31. The van der Waals surface area contributed by atoms with E-state index < -0.39 is 10.0 Å².